The van der Waals surface area contributed by atoms with E-state index in [4.69, 9.17) is 0 Å². The fourth-order valence-corrected chi connectivity index (χ4v) is 4.73. The molecule has 2 heterocycles. The van der Waals surface area contributed by atoms with E-state index in [9.17, 15) is 13.2 Å². The van der Waals surface area contributed by atoms with Crippen LogP contribution in [0.3, 0.4) is 0 Å². The quantitative estimate of drug-likeness (QED) is 0.826. The Morgan fingerprint density at radius 2 is 2.08 bits per heavy atom. The normalized spacial score (nSPS) is 21.0. The lowest BCUT2D eigenvalue weighted by atomic mass is 10.2. The molecule has 1 N–H and O–H groups in total. The summed E-state index contributed by atoms with van der Waals surface area (Å²) in [6.07, 6.45) is 6.20. The first kappa shape index (κ1) is 17.3. The van der Waals surface area contributed by atoms with Crippen molar-refractivity contribution >= 4 is 15.9 Å². The number of carbonyl (C=O) groups excluding carboxylic acids is 1. The zero-order valence-electron chi connectivity index (χ0n) is 14.2. The first-order valence-corrected chi connectivity index (χ1v) is 10.3. The van der Waals surface area contributed by atoms with Crippen molar-refractivity contribution < 1.29 is 13.2 Å². The van der Waals surface area contributed by atoms with Gasteiger partial charge in [0.1, 0.15) is 11.9 Å². The summed E-state index contributed by atoms with van der Waals surface area (Å²) in [7, 11) is -3.34. The molecule has 3 rings (SSSR count). The highest BCUT2D eigenvalue weighted by molar-refractivity contribution is 7.88. The Balaban J connectivity index is 1.57. The topological polar surface area (TPSA) is 92.3 Å². The first-order valence-electron chi connectivity index (χ1n) is 8.46. The van der Waals surface area contributed by atoms with E-state index in [1.54, 1.807) is 0 Å². The fourth-order valence-electron chi connectivity index (χ4n) is 3.61. The molecule has 8 heteroatoms. The number of nitrogens with zero attached hydrogens (tertiary/aromatic N) is 3. The molecule has 1 atom stereocenters. The van der Waals surface area contributed by atoms with Crippen LogP contribution in [0.2, 0.25) is 0 Å². The van der Waals surface area contributed by atoms with Gasteiger partial charge in [-0.3, -0.25) is 4.79 Å². The second-order valence-corrected chi connectivity index (χ2v) is 8.51. The minimum Gasteiger partial charge on any atom is -0.354 e. The van der Waals surface area contributed by atoms with Crippen LogP contribution in [0, 0.1) is 6.92 Å². The maximum atomic E-state index is 12.3. The third-order valence-corrected chi connectivity index (χ3v) is 6.06. The summed E-state index contributed by atoms with van der Waals surface area (Å²) in [6.45, 7) is 2.85. The lowest BCUT2D eigenvalue weighted by molar-refractivity contribution is -0.124. The van der Waals surface area contributed by atoms with Crippen LogP contribution in [0.4, 0.5) is 0 Å². The number of rotatable bonds is 5. The maximum Gasteiger partial charge on any atom is 0.238 e. The highest BCUT2D eigenvalue weighted by Crippen LogP contribution is 2.22. The molecule has 1 aliphatic heterocycles. The molecule has 0 unspecified atom stereocenters. The van der Waals surface area contributed by atoms with Gasteiger partial charge < -0.3 is 5.32 Å². The van der Waals surface area contributed by atoms with Crippen LogP contribution in [0.25, 0.3) is 0 Å². The Kier molecular flexibility index (Phi) is 4.87. The van der Waals surface area contributed by atoms with Crippen LogP contribution in [0.15, 0.2) is 0 Å². The molecule has 1 saturated heterocycles. The largest absolute Gasteiger partial charge is 0.354 e. The number of carbonyl (C=O) groups is 1. The van der Waals surface area contributed by atoms with Crippen molar-refractivity contribution in [3.63, 3.8) is 0 Å². The van der Waals surface area contributed by atoms with Crippen LogP contribution in [-0.4, -0.2) is 54.0 Å². The molecular weight excluding hydrogens is 328 g/mol. The Morgan fingerprint density at radius 3 is 2.83 bits per heavy atom. The molecule has 1 aromatic heterocycles. The van der Waals surface area contributed by atoms with E-state index in [1.165, 1.54) is 9.87 Å². The molecule has 0 radical (unpaired) electrons. The third-order valence-electron chi connectivity index (χ3n) is 4.77. The zero-order valence-corrected chi connectivity index (χ0v) is 15.0. The fraction of sp³-hybridized carbons (Fsp3) is 0.688. The lowest BCUT2D eigenvalue weighted by Crippen LogP contribution is -2.46. The summed E-state index contributed by atoms with van der Waals surface area (Å²) >= 11 is 0. The second-order valence-electron chi connectivity index (χ2n) is 6.58. The molecule has 1 aromatic rings. The highest BCUT2D eigenvalue weighted by Gasteiger charge is 2.36. The van der Waals surface area contributed by atoms with Gasteiger partial charge in [-0.1, -0.05) is 0 Å². The van der Waals surface area contributed by atoms with Crippen LogP contribution in [0.1, 0.15) is 42.0 Å². The molecule has 0 saturated carbocycles. The molecule has 2 aliphatic rings. The van der Waals surface area contributed by atoms with Crippen LogP contribution in [-0.2, 0) is 34.1 Å². The van der Waals surface area contributed by atoms with E-state index >= 15 is 0 Å². The predicted octanol–water partition coefficient (Wildman–Crippen LogP) is 0.356. The van der Waals surface area contributed by atoms with Crippen LogP contribution in [0.5, 0.6) is 0 Å². The summed E-state index contributed by atoms with van der Waals surface area (Å²) in [4.78, 5) is 21.4. The molecule has 0 bridgehead atoms. The van der Waals surface area contributed by atoms with E-state index in [1.807, 2.05) is 6.92 Å². The Labute approximate surface area is 142 Å². The van der Waals surface area contributed by atoms with Gasteiger partial charge in [-0.15, -0.1) is 0 Å². The minimum absolute atomic E-state index is 0.226. The average Bonchev–Trinajstić information content (AvgIpc) is 3.15. The summed E-state index contributed by atoms with van der Waals surface area (Å²) in [5.74, 6) is 0.524. The van der Waals surface area contributed by atoms with E-state index in [-0.39, 0.29) is 5.91 Å². The predicted molar refractivity (Wildman–Crippen MR) is 90.1 cm³/mol. The van der Waals surface area contributed by atoms with Crippen molar-refractivity contribution in [1.29, 1.82) is 0 Å². The number of sulfonamides is 1. The van der Waals surface area contributed by atoms with Gasteiger partial charge in [-0.2, -0.15) is 4.31 Å². The van der Waals surface area contributed by atoms with Gasteiger partial charge in [-0.05, 0) is 44.6 Å². The van der Waals surface area contributed by atoms with E-state index < -0.39 is 16.1 Å². The molecule has 24 heavy (non-hydrogen) atoms. The van der Waals surface area contributed by atoms with Crippen molar-refractivity contribution in [2.45, 2.75) is 51.5 Å². The number of aromatic nitrogens is 2. The molecule has 132 valence electrons. The number of nitrogens with one attached hydrogen (secondary N) is 1. The summed E-state index contributed by atoms with van der Waals surface area (Å²) < 4.78 is 24.7. The number of aryl methyl sites for hydroxylation is 2. The number of fused-ring (bicyclic) bond motifs is 1. The van der Waals surface area contributed by atoms with Crippen LogP contribution >= 0.6 is 0 Å². The Hall–Kier alpha value is -1.54. The van der Waals surface area contributed by atoms with Crippen molar-refractivity contribution in [3.05, 3.63) is 22.8 Å². The van der Waals surface area contributed by atoms with Crippen molar-refractivity contribution in [2.24, 2.45) is 0 Å². The van der Waals surface area contributed by atoms with Gasteiger partial charge in [0.05, 0.1) is 6.26 Å². The van der Waals surface area contributed by atoms with Crippen molar-refractivity contribution in [3.8, 4) is 0 Å². The second kappa shape index (κ2) is 6.76. The van der Waals surface area contributed by atoms with Gasteiger partial charge in [-0.25, -0.2) is 18.4 Å². The molecule has 0 aromatic carbocycles. The summed E-state index contributed by atoms with van der Waals surface area (Å²) in [5.41, 5.74) is 3.46. The summed E-state index contributed by atoms with van der Waals surface area (Å²) in [6, 6.07) is -0.581. The number of amides is 1. The third kappa shape index (κ3) is 3.59. The van der Waals surface area contributed by atoms with E-state index in [0.29, 0.717) is 25.9 Å². The number of hydrogen-bond acceptors (Lipinski definition) is 5. The van der Waals surface area contributed by atoms with E-state index in [0.717, 1.165) is 49.2 Å². The van der Waals surface area contributed by atoms with Crippen LogP contribution < -0.4 is 5.32 Å². The highest BCUT2D eigenvalue weighted by atomic mass is 32.2. The van der Waals surface area contributed by atoms with Gasteiger partial charge in [0.25, 0.3) is 0 Å². The average molecular weight is 352 g/mol. The van der Waals surface area contributed by atoms with Crippen molar-refractivity contribution in [2.75, 3.05) is 19.3 Å². The maximum absolute atomic E-state index is 12.3. The SMILES string of the molecule is Cc1nc(CCNC(=O)[C@@H]2CCCN2S(C)(=O)=O)nc2c1CCC2. The minimum atomic E-state index is -3.34. The van der Waals surface area contributed by atoms with Gasteiger partial charge >= 0.3 is 0 Å². The molecule has 7 nitrogen and oxygen atoms in total. The number of hydrogen-bond donors (Lipinski definition) is 1. The first-order chi connectivity index (χ1) is 11.4. The smallest absolute Gasteiger partial charge is 0.238 e. The zero-order chi connectivity index (χ0) is 17.3. The van der Waals surface area contributed by atoms with Gasteiger partial charge in [0.2, 0.25) is 15.9 Å². The molecule has 1 fully saturated rings. The molecule has 1 amide bonds. The van der Waals surface area contributed by atoms with Gasteiger partial charge in [0.15, 0.2) is 0 Å². The molecular formula is C16H24N4O3S. The molecule has 0 spiro atoms. The van der Waals surface area contributed by atoms with Gasteiger partial charge in [0, 0.05) is 30.9 Å². The monoisotopic (exact) mass is 352 g/mol. The lowest BCUT2D eigenvalue weighted by Gasteiger charge is -2.21. The van der Waals surface area contributed by atoms with E-state index in [2.05, 4.69) is 15.3 Å². The summed E-state index contributed by atoms with van der Waals surface area (Å²) in [5, 5.41) is 2.84. The van der Waals surface area contributed by atoms with Crippen molar-refractivity contribution in [1.82, 2.24) is 19.6 Å². The molecule has 1 aliphatic carbocycles. The Bertz CT molecular complexity index is 748. The standard InChI is InChI=1S/C16H24N4O3S/c1-11-12-5-3-6-13(12)19-15(18-11)8-9-17-16(21)14-7-4-10-20(14)24(2,22)23/h14H,3-10H2,1-2H3,(H,17,21)/t14-/m0/s1. The Morgan fingerprint density at radius 1 is 1.29 bits per heavy atom.